The van der Waals surface area contributed by atoms with Gasteiger partial charge in [0.1, 0.15) is 0 Å². The first-order chi connectivity index (χ1) is 15.4. The van der Waals surface area contributed by atoms with Gasteiger partial charge in [-0.05, 0) is 40.7 Å². The maximum atomic E-state index is 12.6. The minimum Gasteiger partial charge on any atom is -0.465 e. The molecule has 3 rings (SSSR count). The zero-order valence-electron chi connectivity index (χ0n) is 18.7. The Labute approximate surface area is 187 Å². The first-order valence-corrected chi connectivity index (χ1v) is 10.9. The van der Waals surface area contributed by atoms with Crippen LogP contribution in [-0.2, 0) is 11.2 Å². The maximum Gasteiger partial charge on any atom is 0.414 e. The first-order valence-electron chi connectivity index (χ1n) is 10.9. The van der Waals surface area contributed by atoms with E-state index in [1.165, 1.54) is 0 Å². The number of aromatic amines is 1. The van der Waals surface area contributed by atoms with Crippen LogP contribution in [0, 0.1) is 5.92 Å². The van der Waals surface area contributed by atoms with E-state index in [2.05, 4.69) is 20.6 Å². The van der Waals surface area contributed by atoms with Crippen LogP contribution in [0.15, 0.2) is 48.5 Å². The molecule has 3 aromatic rings. The van der Waals surface area contributed by atoms with Crippen molar-refractivity contribution >= 4 is 12.0 Å². The number of carbonyl (C=O) groups is 2. The highest BCUT2D eigenvalue weighted by Gasteiger charge is 2.31. The molecule has 1 atom stereocenters. The van der Waals surface area contributed by atoms with Gasteiger partial charge in [-0.25, -0.2) is 9.69 Å². The van der Waals surface area contributed by atoms with Gasteiger partial charge >= 0.3 is 6.09 Å². The Bertz CT molecular complexity index is 1030. The summed E-state index contributed by atoms with van der Waals surface area (Å²) in [6.07, 6.45) is 1.06. The first kappa shape index (κ1) is 23.1. The van der Waals surface area contributed by atoms with Crippen LogP contribution < -0.4 is 0 Å². The number of benzene rings is 2. The monoisotopic (exact) mass is 435 g/mol. The summed E-state index contributed by atoms with van der Waals surface area (Å²) in [5.74, 6) is 0.186. The molecule has 0 aliphatic carbocycles. The van der Waals surface area contributed by atoms with Crippen molar-refractivity contribution in [1.29, 1.82) is 0 Å². The molecule has 2 amide bonds. The third-order valence-corrected chi connectivity index (χ3v) is 5.54. The summed E-state index contributed by atoms with van der Waals surface area (Å²) in [5, 5.41) is 24.0. The quantitative estimate of drug-likeness (QED) is 0.499. The molecule has 1 unspecified atom stereocenters. The van der Waals surface area contributed by atoms with Crippen molar-refractivity contribution in [3.05, 3.63) is 54.1 Å². The second-order valence-electron chi connectivity index (χ2n) is 8.14. The van der Waals surface area contributed by atoms with Crippen molar-refractivity contribution in [1.82, 2.24) is 25.5 Å². The summed E-state index contributed by atoms with van der Waals surface area (Å²) in [6, 6.07) is 15.3. The van der Waals surface area contributed by atoms with Crippen LogP contribution >= 0.6 is 0 Å². The van der Waals surface area contributed by atoms with Crippen molar-refractivity contribution in [3.63, 3.8) is 0 Å². The van der Waals surface area contributed by atoms with Gasteiger partial charge in [-0.1, -0.05) is 75.7 Å². The van der Waals surface area contributed by atoms with Gasteiger partial charge < -0.3 is 5.11 Å². The van der Waals surface area contributed by atoms with E-state index in [-0.39, 0.29) is 18.2 Å². The molecule has 2 N–H and O–H groups in total. The van der Waals surface area contributed by atoms with Crippen molar-refractivity contribution in [2.45, 2.75) is 52.5 Å². The molecule has 0 fully saturated rings. The van der Waals surface area contributed by atoms with Gasteiger partial charge in [-0.2, -0.15) is 5.21 Å². The minimum absolute atomic E-state index is 0.00433. The maximum absolute atomic E-state index is 12.6. The van der Waals surface area contributed by atoms with E-state index in [9.17, 15) is 14.7 Å². The lowest BCUT2D eigenvalue weighted by Gasteiger charge is -2.31. The number of aromatic nitrogens is 4. The van der Waals surface area contributed by atoms with E-state index < -0.39 is 12.1 Å². The lowest BCUT2D eigenvalue weighted by molar-refractivity contribution is -0.132. The van der Waals surface area contributed by atoms with Crippen LogP contribution in [0.2, 0.25) is 0 Å². The van der Waals surface area contributed by atoms with E-state index in [4.69, 9.17) is 0 Å². The molecule has 0 bridgehead atoms. The molecular formula is C24H29N5O3. The van der Waals surface area contributed by atoms with Crippen LogP contribution in [-0.4, -0.2) is 48.7 Å². The lowest BCUT2D eigenvalue weighted by atomic mass is 9.92. The van der Waals surface area contributed by atoms with Crippen LogP contribution in [0.1, 0.15) is 45.6 Å². The SMILES string of the molecule is CCCCC(=O)N(C(=O)O)C(Cc1ccc(-c2ccccc2-c2nn[nH]n2)cc1)C(C)C. The molecule has 1 aromatic heterocycles. The fourth-order valence-corrected chi connectivity index (χ4v) is 3.77. The van der Waals surface area contributed by atoms with Gasteiger partial charge in [0.2, 0.25) is 11.7 Å². The molecule has 32 heavy (non-hydrogen) atoms. The molecule has 0 saturated heterocycles. The second-order valence-corrected chi connectivity index (χ2v) is 8.14. The van der Waals surface area contributed by atoms with E-state index in [1.807, 2.05) is 69.3 Å². The Hall–Kier alpha value is -3.55. The summed E-state index contributed by atoms with van der Waals surface area (Å²) in [6.45, 7) is 5.88. The fraction of sp³-hybridized carbons (Fsp3) is 0.375. The summed E-state index contributed by atoms with van der Waals surface area (Å²) in [4.78, 5) is 25.5. The number of imide groups is 1. The number of carboxylic acid groups (broad SMARTS) is 1. The fourth-order valence-electron chi connectivity index (χ4n) is 3.77. The highest BCUT2D eigenvalue weighted by atomic mass is 16.4. The largest absolute Gasteiger partial charge is 0.465 e. The predicted molar refractivity (Wildman–Crippen MR) is 122 cm³/mol. The number of hydrogen-bond acceptors (Lipinski definition) is 5. The topological polar surface area (TPSA) is 112 Å². The van der Waals surface area contributed by atoms with Gasteiger partial charge in [0.05, 0.1) is 0 Å². The number of nitrogens with zero attached hydrogens (tertiary/aromatic N) is 4. The molecule has 1 heterocycles. The van der Waals surface area contributed by atoms with Crippen LogP contribution in [0.25, 0.3) is 22.5 Å². The van der Waals surface area contributed by atoms with Crippen LogP contribution in [0.5, 0.6) is 0 Å². The summed E-state index contributed by atoms with van der Waals surface area (Å²) < 4.78 is 0. The molecule has 0 aliphatic heterocycles. The molecule has 0 radical (unpaired) electrons. The van der Waals surface area contributed by atoms with E-state index in [0.29, 0.717) is 18.7 Å². The van der Waals surface area contributed by atoms with Gasteiger partial charge in [-0.3, -0.25) is 4.79 Å². The van der Waals surface area contributed by atoms with Crippen molar-refractivity contribution < 1.29 is 14.7 Å². The van der Waals surface area contributed by atoms with Crippen LogP contribution in [0.3, 0.4) is 0 Å². The van der Waals surface area contributed by atoms with Crippen LogP contribution in [0.4, 0.5) is 4.79 Å². The molecule has 0 aliphatic rings. The van der Waals surface area contributed by atoms with Crippen molar-refractivity contribution in [2.24, 2.45) is 5.92 Å². The molecular weight excluding hydrogens is 406 g/mol. The summed E-state index contributed by atoms with van der Waals surface area (Å²) in [5.41, 5.74) is 3.80. The smallest absolute Gasteiger partial charge is 0.414 e. The summed E-state index contributed by atoms with van der Waals surface area (Å²) >= 11 is 0. The number of carbonyl (C=O) groups excluding carboxylic acids is 1. The molecule has 8 nitrogen and oxygen atoms in total. The summed E-state index contributed by atoms with van der Waals surface area (Å²) in [7, 11) is 0. The van der Waals surface area contributed by atoms with Crippen molar-refractivity contribution in [3.8, 4) is 22.5 Å². The highest BCUT2D eigenvalue weighted by molar-refractivity contribution is 5.91. The molecule has 8 heteroatoms. The standard InChI is InChI=1S/C24H29N5O3/c1-4-5-10-22(30)29(24(31)32)21(16(2)3)15-17-11-13-18(14-12-17)19-8-6-7-9-20(19)23-25-27-28-26-23/h6-9,11-14,16,21H,4-5,10,15H2,1-3H3,(H,31,32)(H,25,26,27,28). The third-order valence-electron chi connectivity index (χ3n) is 5.54. The lowest BCUT2D eigenvalue weighted by Crippen LogP contribution is -2.47. The van der Waals surface area contributed by atoms with E-state index >= 15 is 0 Å². The van der Waals surface area contributed by atoms with Gasteiger partial charge in [0, 0.05) is 18.0 Å². The van der Waals surface area contributed by atoms with E-state index in [1.54, 1.807) is 0 Å². The molecule has 2 aromatic carbocycles. The Balaban J connectivity index is 1.84. The Kier molecular flexibility index (Phi) is 7.70. The minimum atomic E-state index is -1.18. The molecule has 168 valence electrons. The van der Waals surface area contributed by atoms with Gasteiger partial charge in [-0.15, -0.1) is 10.2 Å². The Morgan fingerprint density at radius 3 is 2.31 bits per heavy atom. The second kappa shape index (κ2) is 10.7. The van der Waals surface area contributed by atoms with Crippen molar-refractivity contribution in [2.75, 3.05) is 0 Å². The third kappa shape index (κ3) is 5.38. The zero-order valence-corrected chi connectivity index (χ0v) is 18.7. The van der Waals surface area contributed by atoms with Gasteiger partial charge in [0.15, 0.2) is 0 Å². The normalized spacial score (nSPS) is 12.0. The number of rotatable bonds is 9. The number of hydrogen-bond donors (Lipinski definition) is 2. The Morgan fingerprint density at radius 2 is 1.75 bits per heavy atom. The van der Waals surface area contributed by atoms with Gasteiger partial charge in [0.25, 0.3) is 0 Å². The Morgan fingerprint density at radius 1 is 1.06 bits per heavy atom. The number of amides is 2. The average molecular weight is 436 g/mol. The predicted octanol–water partition coefficient (Wildman–Crippen LogP) is 4.80. The zero-order chi connectivity index (χ0) is 23.1. The molecule has 0 saturated carbocycles. The highest BCUT2D eigenvalue weighted by Crippen LogP contribution is 2.30. The average Bonchev–Trinajstić information content (AvgIpc) is 3.32. The molecule has 0 spiro atoms. The number of unbranched alkanes of at least 4 members (excludes halogenated alkanes) is 1. The number of nitrogens with one attached hydrogen (secondary N) is 1. The van der Waals surface area contributed by atoms with E-state index in [0.717, 1.165) is 33.6 Å². The number of H-pyrrole nitrogens is 1. The number of tetrazole rings is 1.